The Bertz CT molecular complexity index is 660. The number of halogens is 1. The average Bonchev–Trinajstić information content (AvgIpc) is 2.71. The Balaban J connectivity index is 2.30. The van der Waals surface area contributed by atoms with E-state index in [0.717, 1.165) is 5.56 Å². The number of amides is 1. The van der Waals surface area contributed by atoms with Gasteiger partial charge in [-0.15, -0.1) is 0 Å². The van der Waals surface area contributed by atoms with E-state index in [1.807, 2.05) is 26.0 Å². The predicted molar refractivity (Wildman–Crippen MR) is 81.1 cm³/mol. The molecular formula is C13H15ClN4OS. The number of aromatic amines is 1. The van der Waals surface area contributed by atoms with Gasteiger partial charge in [0.25, 0.3) is 0 Å². The second-order valence-electron chi connectivity index (χ2n) is 4.67. The van der Waals surface area contributed by atoms with Gasteiger partial charge in [0.15, 0.2) is 10.6 Å². The van der Waals surface area contributed by atoms with Gasteiger partial charge in [-0.05, 0) is 50.3 Å². The van der Waals surface area contributed by atoms with Gasteiger partial charge in [0.05, 0.1) is 0 Å². The van der Waals surface area contributed by atoms with Crippen LogP contribution in [0, 0.1) is 4.77 Å². The Morgan fingerprint density at radius 3 is 2.70 bits per heavy atom. The van der Waals surface area contributed by atoms with E-state index >= 15 is 0 Å². The zero-order valence-electron chi connectivity index (χ0n) is 11.2. The fraction of sp³-hybridized carbons (Fsp3) is 0.308. The minimum absolute atomic E-state index is 0.0857. The summed E-state index contributed by atoms with van der Waals surface area (Å²) in [4.78, 5) is 11.9. The second-order valence-corrected chi connectivity index (χ2v) is 5.49. The molecule has 0 radical (unpaired) electrons. The van der Waals surface area contributed by atoms with E-state index in [-0.39, 0.29) is 18.5 Å². The van der Waals surface area contributed by atoms with Gasteiger partial charge in [-0.2, -0.15) is 5.10 Å². The molecule has 5 nitrogen and oxygen atoms in total. The fourth-order valence-electron chi connectivity index (χ4n) is 1.79. The van der Waals surface area contributed by atoms with Gasteiger partial charge in [-0.3, -0.25) is 14.5 Å². The molecule has 2 aromatic rings. The molecule has 0 atom stereocenters. The first-order valence-electron chi connectivity index (χ1n) is 6.18. The number of nitrogens with one attached hydrogen (secondary N) is 2. The number of aromatic nitrogens is 3. The lowest BCUT2D eigenvalue weighted by atomic mass is 10.2. The number of benzene rings is 1. The maximum atomic E-state index is 11.9. The van der Waals surface area contributed by atoms with Crippen molar-refractivity contribution in [2.45, 2.75) is 26.4 Å². The Morgan fingerprint density at radius 2 is 2.10 bits per heavy atom. The Hall–Kier alpha value is -1.66. The minimum Gasteiger partial charge on any atom is -0.352 e. The van der Waals surface area contributed by atoms with E-state index in [1.54, 1.807) is 16.7 Å². The quantitative estimate of drug-likeness (QED) is 0.854. The zero-order chi connectivity index (χ0) is 14.7. The Kier molecular flexibility index (Phi) is 4.57. The lowest BCUT2D eigenvalue weighted by Crippen LogP contribution is -2.33. The van der Waals surface area contributed by atoms with Crippen LogP contribution >= 0.6 is 23.8 Å². The molecule has 7 heteroatoms. The van der Waals surface area contributed by atoms with Crippen LogP contribution in [-0.4, -0.2) is 26.7 Å². The van der Waals surface area contributed by atoms with Crippen LogP contribution in [0.3, 0.4) is 0 Å². The molecule has 2 N–H and O–H groups in total. The monoisotopic (exact) mass is 310 g/mol. The molecule has 1 aromatic carbocycles. The van der Waals surface area contributed by atoms with Gasteiger partial charge in [0, 0.05) is 16.6 Å². The van der Waals surface area contributed by atoms with E-state index in [1.165, 1.54) is 0 Å². The van der Waals surface area contributed by atoms with Crippen LogP contribution in [0.4, 0.5) is 0 Å². The lowest BCUT2D eigenvalue weighted by molar-refractivity contribution is -0.122. The highest BCUT2D eigenvalue weighted by Gasteiger charge is 2.12. The van der Waals surface area contributed by atoms with Crippen molar-refractivity contribution in [1.82, 2.24) is 20.1 Å². The fourth-order valence-corrected chi connectivity index (χ4v) is 2.12. The summed E-state index contributed by atoms with van der Waals surface area (Å²) in [5, 5.41) is 10.4. The number of hydrogen-bond acceptors (Lipinski definition) is 3. The highest BCUT2D eigenvalue weighted by Crippen LogP contribution is 2.19. The summed E-state index contributed by atoms with van der Waals surface area (Å²) in [6.45, 7) is 3.95. The molecule has 0 bridgehead atoms. The number of hydrogen-bond donors (Lipinski definition) is 2. The van der Waals surface area contributed by atoms with Crippen LogP contribution in [0.1, 0.15) is 13.8 Å². The normalized spacial score (nSPS) is 10.8. The average molecular weight is 311 g/mol. The number of rotatable bonds is 4. The molecule has 0 aliphatic carbocycles. The number of nitrogens with zero attached hydrogens (tertiary/aromatic N) is 2. The highest BCUT2D eigenvalue weighted by molar-refractivity contribution is 7.71. The summed E-state index contributed by atoms with van der Waals surface area (Å²) in [6, 6.07) is 7.30. The molecule has 20 heavy (non-hydrogen) atoms. The molecule has 1 heterocycles. The number of carbonyl (C=O) groups excluding carboxylic acids is 1. The van der Waals surface area contributed by atoms with Crippen molar-refractivity contribution >= 4 is 29.7 Å². The van der Waals surface area contributed by atoms with Crippen molar-refractivity contribution in [3.8, 4) is 11.4 Å². The highest BCUT2D eigenvalue weighted by atomic mass is 35.5. The van der Waals surface area contributed by atoms with E-state index in [9.17, 15) is 4.79 Å². The van der Waals surface area contributed by atoms with Crippen molar-refractivity contribution in [1.29, 1.82) is 0 Å². The smallest absolute Gasteiger partial charge is 0.240 e. The summed E-state index contributed by atoms with van der Waals surface area (Å²) in [6.07, 6.45) is 0. The minimum atomic E-state index is -0.104. The van der Waals surface area contributed by atoms with Gasteiger partial charge in [0.2, 0.25) is 5.91 Å². The first-order chi connectivity index (χ1) is 9.47. The van der Waals surface area contributed by atoms with Crippen molar-refractivity contribution in [3.05, 3.63) is 34.1 Å². The van der Waals surface area contributed by atoms with Crippen molar-refractivity contribution in [3.63, 3.8) is 0 Å². The van der Waals surface area contributed by atoms with Gasteiger partial charge >= 0.3 is 0 Å². The second kappa shape index (κ2) is 6.19. The van der Waals surface area contributed by atoms with Crippen molar-refractivity contribution < 1.29 is 4.79 Å². The molecule has 2 rings (SSSR count). The molecule has 1 amide bonds. The van der Waals surface area contributed by atoms with Gasteiger partial charge in [-0.25, -0.2) is 0 Å². The summed E-state index contributed by atoms with van der Waals surface area (Å²) in [5.41, 5.74) is 0.846. The third kappa shape index (κ3) is 3.46. The van der Waals surface area contributed by atoms with Crippen molar-refractivity contribution in [2.24, 2.45) is 0 Å². The molecular weight excluding hydrogens is 296 g/mol. The maximum absolute atomic E-state index is 11.9. The van der Waals surface area contributed by atoms with Crippen LogP contribution in [0.2, 0.25) is 5.02 Å². The molecule has 1 aromatic heterocycles. The van der Waals surface area contributed by atoms with Crippen LogP contribution in [0.15, 0.2) is 24.3 Å². The molecule has 0 aliphatic heterocycles. The number of H-pyrrole nitrogens is 1. The van der Waals surface area contributed by atoms with E-state index in [4.69, 9.17) is 23.8 Å². The van der Waals surface area contributed by atoms with Gasteiger partial charge < -0.3 is 5.32 Å². The summed E-state index contributed by atoms with van der Waals surface area (Å²) >= 11 is 11.0. The molecule has 0 fully saturated rings. The molecule has 0 saturated carbocycles. The van der Waals surface area contributed by atoms with Crippen LogP contribution in [-0.2, 0) is 11.3 Å². The summed E-state index contributed by atoms with van der Waals surface area (Å²) < 4.78 is 2.07. The molecule has 0 unspecified atom stereocenters. The Labute approximate surface area is 127 Å². The first kappa shape index (κ1) is 14.7. The third-order valence-corrected chi connectivity index (χ3v) is 3.18. The Morgan fingerprint density at radius 1 is 1.45 bits per heavy atom. The zero-order valence-corrected chi connectivity index (χ0v) is 12.8. The lowest BCUT2D eigenvalue weighted by Gasteiger charge is -2.10. The SMILES string of the molecule is CC(C)NC(=O)Cn1c(-c2ccc(Cl)cc2)n[nH]c1=S. The topological polar surface area (TPSA) is 62.7 Å². The maximum Gasteiger partial charge on any atom is 0.240 e. The largest absolute Gasteiger partial charge is 0.352 e. The summed E-state index contributed by atoms with van der Waals surface area (Å²) in [5.74, 6) is 0.512. The van der Waals surface area contributed by atoms with E-state index in [2.05, 4.69) is 15.5 Å². The van der Waals surface area contributed by atoms with Gasteiger partial charge in [0.1, 0.15) is 6.54 Å². The summed E-state index contributed by atoms with van der Waals surface area (Å²) in [7, 11) is 0. The molecule has 0 spiro atoms. The van der Waals surface area contributed by atoms with Crippen molar-refractivity contribution in [2.75, 3.05) is 0 Å². The van der Waals surface area contributed by atoms with Crippen LogP contribution in [0.5, 0.6) is 0 Å². The van der Waals surface area contributed by atoms with Crippen LogP contribution in [0.25, 0.3) is 11.4 Å². The van der Waals surface area contributed by atoms with Crippen LogP contribution < -0.4 is 5.32 Å². The molecule has 106 valence electrons. The molecule has 0 aliphatic rings. The number of carbonyl (C=O) groups is 1. The predicted octanol–water partition coefficient (Wildman–Crippen LogP) is 2.79. The van der Waals surface area contributed by atoms with Gasteiger partial charge in [-0.1, -0.05) is 11.6 Å². The van der Waals surface area contributed by atoms with E-state index < -0.39 is 0 Å². The van der Waals surface area contributed by atoms with E-state index in [0.29, 0.717) is 15.6 Å². The molecule has 0 saturated heterocycles. The standard InChI is InChI=1S/C13H15ClN4OS/c1-8(2)15-11(19)7-18-12(16-17-13(18)20)9-3-5-10(14)6-4-9/h3-6,8H,7H2,1-2H3,(H,15,19)(H,17,20). The third-order valence-electron chi connectivity index (χ3n) is 2.61. The first-order valence-corrected chi connectivity index (χ1v) is 6.96.